The first-order chi connectivity index (χ1) is 11.1. The van der Waals surface area contributed by atoms with Crippen LogP contribution in [0.15, 0.2) is 18.5 Å². The Kier molecular flexibility index (Phi) is 3.78. The number of anilines is 1. The Morgan fingerprint density at radius 1 is 1.30 bits per heavy atom. The van der Waals surface area contributed by atoms with Crippen molar-refractivity contribution < 1.29 is 13.2 Å². The fraction of sp³-hybridized carbons (Fsp3) is 0.733. The molecule has 3 fully saturated rings. The van der Waals surface area contributed by atoms with Gasteiger partial charge in [0.05, 0.1) is 23.5 Å². The van der Waals surface area contributed by atoms with E-state index in [1.165, 1.54) is 0 Å². The van der Waals surface area contributed by atoms with Gasteiger partial charge in [0.2, 0.25) is 16.0 Å². The van der Waals surface area contributed by atoms with Crippen LogP contribution in [0.5, 0.6) is 0 Å². The average Bonchev–Trinajstić information content (AvgIpc) is 3.34. The van der Waals surface area contributed by atoms with Gasteiger partial charge in [-0.15, -0.1) is 0 Å². The third-order valence-corrected chi connectivity index (χ3v) is 7.26. The Labute approximate surface area is 136 Å². The van der Waals surface area contributed by atoms with Gasteiger partial charge in [-0.25, -0.2) is 18.4 Å². The number of hydrogen-bond donors (Lipinski definition) is 1. The van der Waals surface area contributed by atoms with Gasteiger partial charge >= 0.3 is 0 Å². The Bertz CT molecular complexity index is 665. The van der Waals surface area contributed by atoms with Crippen molar-refractivity contribution in [3.05, 3.63) is 18.5 Å². The standard InChI is InChI=1S/C15H22N4O3S/c20-23(21,13-3-4-13)19-8-1-5-15(11-19)9-12(10-22-15)18-14-16-6-2-7-17-14/h2,6-7,12-13H,1,3-5,8-11H2,(H,16,17,18)/t12-,15+/m0/s1. The smallest absolute Gasteiger partial charge is 0.222 e. The zero-order valence-corrected chi connectivity index (χ0v) is 13.8. The van der Waals surface area contributed by atoms with Crippen molar-refractivity contribution in [2.24, 2.45) is 0 Å². The summed E-state index contributed by atoms with van der Waals surface area (Å²) in [5.41, 5.74) is -0.355. The third-order valence-electron chi connectivity index (χ3n) is 4.92. The zero-order chi connectivity index (χ0) is 15.9. The first-order valence-electron chi connectivity index (χ1n) is 8.24. The normalized spacial score (nSPS) is 32.3. The van der Waals surface area contributed by atoms with Gasteiger partial charge < -0.3 is 10.1 Å². The molecule has 3 aliphatic rings. The van der Waals surface area contributed by atoms with Crippen LogP contribution in [0.25, 0.3) is 0 Å². The van der Waals surface area contributed by atoms with E-state index < -0.39 is 10.0 Å². The van der Waals surface area contributed by atoms with Crippen LogP contribution in [-0.2, 0) is 14.8 Å². The van der Waals surface area contributed by atoms with Crippen LogP contribution in [0, 0.1) is 0 Å². The molecule has 2 atom stereocenters. The average molecular weight is 338 g/mol. The molecular weight excluding hydrogens is 316 g/mol. The van der Waals surface area contributed by atoms with Crippen molar-refractivity contribution in [3.63, 3.8) is 0 Å². The summed E-state index contributed by atoms with van der Waals surface area (Å²) >= 11 is 0. The van der Waals surface area contributed by atoms with Crippen LogP contribution in [-0.4, -0.2) is 59.3 Å². The fourth-order valence-corrected chi connectivity index (χ4v) is 5.58. The minimum absolute atomic E-state index is 0.126. The molecule has 3 heterocycles. The number of hydrogen-bond acceptors (Lipinski definition) is 6. The highest BCUT2D eigenvalue weighted by Gasteiger charge is 2.49. The molecule has 7 nitrogen and oxygen atoms in total. The zero-order valence-electron chi connectivity index (χ0n) is 13.0. The number of rotatable bonds is 4. The SMILES string of the molecule is O=S(=O)(C1CC1)N1CCC[C@@]2(C[C@H](Nc3ncccn3)CO2)C1. The molecule has 0 bridgehead atoms. The van der Waals surface area contributed by atoms with Crippen molar-refractivity contribution in [1.82, 2.24) is 14.3 Å². The van der Waals surface area contributed by atoms with Gasteiger partial charge in [-0.1, -0.05) is 0 Å². The van der Waals surface area contributed by atoms with E-state index in [4.69, 9.17) is 4.74 Å². The summed E-state index contributed by atoms with van der Waals surface area (Å²) in [7, 11) is -3.12. The lowest BCUT2D eigenvalue weighted by atomic mass is 9.90. The molecule has 1 aliphatic carbocycles. The molecule has 23 heavy (non-hydrogen) atoms. The maximum atomic E-state index is 12.5. The maximum Gasteiger partial charge on any atom is 0.222 e. The van der Waals surface area contributed by atoms with Gasteiger partial charge in [-0.3, -0.25) is 0 Å². The number of piperidine rings is 1. The van der Waals surface area contributed by atoms with Gasteiger partial charge in [0.15, 0.2) is 0 Å². The number of nitrogens with zero attached hydrogens (tertiary/aromatic N) is 3. The molecule has 1 spiro atoms. The summed E-state index contributed by atoms with van der Waals surface area (Å²) in [4.78, 5) is 8.35. The Morgan fingerprint density at radius 2 is 2.09 bits per heavy atom. The lowest BCUT2D eigenvalue weighted by molar-refractivity contribution is -0.0329. The van der Waals surface area contributed by atoms with E-state index in [0.29, 0.717) is 25.6 Å². The number of sulfonamides is 1. The van der Waals surface area contributed by atoms with Crippen molar-refractivity contribution in [3.8, 4) is 0 Å². The van der Waals surface area contributed by atoms with E-state index in [1.54, 1.807) is 22.8 Å². The Hall–Kier alpha value is -1.25. The number of nitrogens with one attached hydrogen (secondary N) is 1. The van der Waals surface area contributed by atoms with Gasteiger partial charge in [0.25, 0.3) is 0 Å². The first-order valence-corrected chi connectivity index (χ1v) is 9.74. The summed E-state index contributed by atoms with van der Waals surface area (Å²) in [5.74, 6) is 0.594. The lowest BCUT2D eigenvalue weighted by Crippen LogP contribution is -2.51. The number of aromatic nitrogens is 2. The first kappa shape index (κ1) is 15.3. The molecule has 0 unspecified atom stereocenters. The molecule has 0 radical (unpaired) electrons. The van der Waals surface area contributed by atoms with Crippen molar-refractivity contribution in [2.75, 3.05) is 25.0 Å². The molecular formula is C15H22N4O3S. The highest BCUT2D eigenvalue weighted by Crippen LogP contribution is 2.39. The summed E-state index contributed by atoms with van der Waals surface area (Å²) < 4.78 is 32.7. The monoisotopic (exact) mass is 338 g/mol. The van der Waals surface area contributed by atoms with E-state index >= 15 is 0 Å². The van der Waals surface area contributed by atoms with E-state index in [2.05, 4.69) is 15.3 Å². The van der Waals surface area contributed by atoms with Gasteiger partial charge in [-0.2, -0.15) is 4.31 Å². The molecule has 0 aromatic carbocycles. The minimum atomic E-state index is -3.12. The predicted octanol–water partition coefficient (Wildman–Crippen LogP) is 1.00. The van der Waals surface area contributed by atoms with E-state index in [9.17, 15) is 8.42 Å². The predicted molar refractivity (Wildman–Crippen MR) is 85.5 cm³/mol. The second kappa shape index (κ2) is 5.68. The topological polar surface area (TPSA) is 84.4 Å². The molecule has 1 aromatic heterocycles. The van der Waals surface area contributed by atoms with E-state index in [0.717, 1.165) is 32.1 Å². The van der Waals surface area contributed by atoms with Crippen LogP contribution in [0.3, 0.4) is 0 Å². The molecule has 2 saturated heterocycles. The van der Waals surface area contributed by atoms with E-state index in [-0.39, 0.29) is 16.9 Å². The molecule has 0 amide bonds. The van der Waals surface area contributed by atoms with Crippen molar-refractivity contribution >= 4 is 16.0 Å². The number of ether oxygens (including phenoxy) is 1. The van der Waals surface area contributed by atoms with Crippen LogP contribution >= 0.6 is 0 Å². The highest BCUT2D eigenvalue weighted by molar-refractivity contribution is 7.90. The molecule has 4 rings (SSSR count). The molecule has 1 aromatic rings. The largest absolute Gasteiger partial charge is 0.371 e. The van der Waals surface area contributed by atoms with Crippen LogP contribution in [0.1, 0.15) is 32.1 Å². The quantitative estimate of drug-likeness (QED) is 0.882. The minimum Gasteiger partial charge on any atom is -0.371 e. The van der Waals surface area contributed by atoms with Gasteiger partial charge in [0, 0.05) is 31.9 Å². The molecule has 1 saturated carbocycles. The molecule has 1 N–H and O–H groups in total. The molecule has 2 aliphatic heterocycles. The summed E-state index contributed by atoms with van der Waals surface area (Å²) in [5, 5.41) is 3.14. The van der Waals surface area contributed by atoms with Crippen LogP contribution in [0.4, 0.5) is 5.95 Å². The molecule has 8 heteroatoms. The summed E-state index contributed by atoms with van der Waals surface area (Å²) in [6.45, 7) is 1.68. The summed E-state index contributed by atoms with van der Waals surface area (Å²) in [6.07, 6.45) is 7.58. The van der Waals surface area contributed by atoms with Crippen molar-refractivity contribution in [1.29, 1.82) is 0 Å². The Balaban J connectivity index is 1.43. The van der Waals surface area contributed by atoms with Crippen molar-refractivity contribution in [2.45, 2.75) is 49.0 Å². The fourth-order valence-electron chi connectivity index (χ4n) is 3.63. The molecule has 126 valence electrons. The lowest BCUT2D eigenvalue weighted by Gasteiger charge is -2.39. The second-order valence-electron chi connectivity index (χ2n) is 6.79. The highest BCUT2D eigenvalue weighted by atomic mass is 32.2. The van der Waals surface area contributed by atoms with Crippen LogP contribution < -0.4 is 5.32 Å². The second-order valence-corrected chi connectivity index (χ2v) is 9.01. The maximum absolute atomic E-state index is 12.5. The van der Waals surface area contributed by atoms with E-state index in [1.807, 2.05) is 0 Å². The van der Waals surface area contributed by atoms with Gasteiger partial charge in [0.1, 0.15) is 0 Å². The van der Waals surface area contributed by atoms with Crippen LogP contribution in [0.2, 0.25) is 0 Å². The summed E-state index contributed by atoms with van der Waals surface area (Å²) in [6, 6.07) is 1.90. The Morgan fingerprint density at radius 3 is 2.83 bits per heavy atom. The van der Waals surface area contributed by atoms with Gasteiger partial charge in [-0.05, 0) is 31.7 Å². The third kappa shape index (κ3) is 3.07.